The van der Waals surface area contributed by atoms with E-state index in [1.165, 1.54) is 12.1 Å². The zero-order valence-electron chi connectivity index (χ0n) is 6.97. The minimum atomic E-state index is -4.39. The Morgan fingerprint density at radius 3 is 2.43 bits per heavy atom. The van der Waals surface area contributed by atoms with Crippen molar-refractivity contribution in [2.24, 2.45) is 0 Å². The first-order chi connectivity index (χ1) is 6.50. The molecule has 0 unspecified atom stereocenters. The Morgan fingerprint density at radius 2 is 2.00 bits per heavy atom. The van der Waals surface area contributed by atoms with Gasteiger partial charge in [-0.15, -0.1) is 0 Å². The summed E-state index contributed by atoms with van der Waals surface area (Å²) in [5, 5.41) is 6.95. The number of nitrogens with one attached hydrogen (secondary N) is 1. The van der Waals surface area contributed by atoms with E-state index in [0.717, 1.165) is 6.07 Å². The molecule has 5 nitrogen and oxygen atoms in total. The van der Waals surface area contributed by atoms with Gasteiger partial charge in [-0.3, -0.25) is 9.35 Å². The summed E-state index contributed by atoms with van der Waals surface area (Å²) < 4.78 is 30.4. The van der Waals surface area contributed by atoms with Crippen LogP contribution in [0.25, 0.3) is 0 Å². The number of carbonyl (C=O) groups excluding carboxylic acids is 1. The third-order valence-corrected chi connectivity index (χ3v) is 2.56. The number of rotatable bonds is 3. The van der Waals surface area contributed by atoms with Crippen molar-refractivity contribution in [2.45, 2.75) is 4.90 Å². The summed E-state index contributed by atoms with van der Waals surface area (Å²) in [6.07, 6.45) is 1.14. The van der Waals surface area contributed by atoms with Gasteiger partial charge in [0, 0.05) is 17.3 Å². The van der Waals surface area contributed by atoms with Gasteiger partial charge < -0.3 is 5.41 Å². The van der Waals surface area contributed by atoms with E-state index in [2.05, 4.69) is 0 Å². The Labute approximate surface area is 80.6 Å². The SMILES string of the molecule is N=Cc1c(C=O)cccc1S(=O)(=O)O. The fourth-order valence-electron chi connectivity index (χ4n) is 1.04. The van der Waals surface area contributed by atoms with Gasteiger partial charge in [0.05, 0.1) is 0 Å². The molecule has 1 aromatic rings. The van der Waals surface area contributed by atoms with Gasteiger partial charge in [-0.05, 0) is 6.07 Å². The molecule has 0 radical (unpaired) electrons. The molecule has 1 rings (SSSR count). The second-order valence-electron chi connectivity index (χ2n) is 2.50. The zero-order chi connectivity index (χ0) is 10.8. The van der Waals surface area contributed by atoms with Crippen LogP contribution in [-0.4, -0.2) is 25.5 Å². The number of hydrogen-bond acceptors (Lipinski definition) is 4. The molecule has 0 fully saturated rings. The normalized spacial score (nSPS) is 10.9. The molecule has 0 amide bonds. The maximum absolute atomic E-state index is 10.8. The van der Waals surface area contributed by atoms with Crippen molar-refractivity contribution in [2.75, 3.05) is 0 Å². The van der Waals surface area contributed by atoms with Gasteiger partial charge in [-0.2, -0.15) is 8.42 Å². The van der Waals surface area contributed by atoms with Gasteiger partial charge in [-0.1, -0.05) is 12.1 Å². The van der Waals surface area contributed by atoms with E-state index in [1.54, 1.807) is 0 Å². The molecule has 0 saturated carbocycles. The summed E-state index contributed by atoms with van der Waals surface area (Å²) in [4.78, 5) is 10.1. The monoisotopic (exact) mass is 213 g/mol. The lowest BCUT2D eigenvalue weighted by molar-refractivity contribution is 0.112. The minimum absolute atomic E-state index is 0.0510. The highest BCUT2D eigenvalue weighted by Crippen LogP contribution is 2.16. The third-order valence-electron chi connectivity index (χ3n) is 1.65. The van der Waals surface area contributed by atoms with Gasteiger partial charge in [0.15, 0.2) is 6.29 Å². The standard InChI is InChI=1S/C8H7NO4S/c9-4-7-6(5-10)2-1-3-8(7)14(11,12)13/h1-5,9H,(H,11,12,13). The minimum Gasteiger partial charge on any atom is -0.308 e. The number of benzene rings is 1. The first kappa shape index (κ1) is 10.6. The van der Waals surface area contributed by atoms with E-state index < -0.39 is 15.0 Å². The molecule has 0 aliphatic carbocycles. The molecule has 74 valence electrons. The van der Waals surface area contributed by atoms with Crippen molar-refractivity contribution in [3.05, 3.63) is 29.3 Å². The number of aldehydes is 1. The van der Waals surface area contributed by atoms with E-state index in [0.29, 0.717) is 12.5 Å². The predicted molar refractivity (Wildman–Crippen MR) is 49.5 cm³/mol. The van der Waals surface area contributed by atoms with E-state index in [9.17, 15) is 13.2 Å². The molecule has 0 heterocycles. The van der Waals surface area contributed by atoms with Crippen LogP contribution in [0, 0.1) is 5.41 Å². The van der Waals surface area contributed by atoms with Crippen LogP contribution < -0.4 is 0 Å². The van der Waals surface area contributed by atoms with Crippen molar-refractivity contribution in [1.82, 2.24) is 0 Å². The van der Waals surface area contributed by atoms with Gasteiger partial charge in [0.25, 0.3) is 10.1 Å². The summed E-state index contributed by atoms with van der Waals surface area (Å²) in [5.74, 6) is 0. The average Bonchev–Trinajstić information content (AvgIpc) is 2.15. The Hall–Kier alpha value is -1.53. The molecule has 0 spiro atoms. The number of hydrogen-bond donors (Lipinski definition) is 2. The summed E-state index contributed by atoms with van der Waals surface area (Å²) in [7, 11) is -4.39. The lowest BCUT2D eigenvalue weighted by Crippen LogP contribution is -2.05. The van der Waals surface area contributed by atoms with Gasteiger partial charge in [-0.25, -0.2) is 0 Å². The molecule has 0 saturated heterocycles. The fourth-order valence-corrected chi connectivity index (χ4v) is 1.75. The summed E-state index contributed by atoms with van der Waals surface area (Å²) >= 11 is 0. The molecular formula is C8H7NO4S. The van der Waals surface area contributed by atoms with Crippen LogP contribution in [0.5, 0.6) is 0 Å². The molecular weight excluding hydrogens is 206 g/mol. The lowest BCUT2D eigenvalue weighted by atomic mass is 10.1. The van der Waals surface area contributed by atoms with Crippen LogP contribution in [0.2, 0.25) is 0 Å². The smallest absolute Gasteiger partial charge is 0.295 e. The van der Waals surface area contributed by atoms with Crippen LogP contribution >= 0.6 is 0 Å². The number of carbonyl (C=O) groups is 1. The van der Waals surface area contributed by atoms with Crippen LogP contribution in [0.3, 0.4) is 0 Å². The van der Waals surface area contributed by atoms with Gasteiger partial charge >= 0.3 is 0 Å². The maximum Gasteiger partial charge on any atom is 0.295 e. The highest BCUT2D eigenvalue weighted by atomic mass is 32.2. The molecule has 14 heavy (non-hydrogen) atoms. The predicted octanol–water partition coefficient (Wildman–Crippen LogP) is 0.743. The molecule has 0 aliphatic rings. The quantitative estimate of drug-likeness (QED) is 0.440. The zero-order valence-corrected chi connectivity index (χ0v) is 7.78. The molecule has 0 atom stereocenters. The summed E-state index contributed by atoms with van der Waals surface area (Å²) in [6.45, 7) is 0. The van der Waals surface area contributed by atoms with E-state index in [4.69, 9.17) is 9.96 Å². The highest BCUT2D eigenvalue weighted by molar-refractivity contribution is 7.86. The second kappa shape index (κ2) is 3.69. The highest BCUT2D eigenvalue weighted by Gasteiger charge is 2.16. The van der Waals surface area contributed by atoms with Crippen molar-refractivity contribution < 1.29 is 17.8 Å². The Kier molecular flexibility index (Phi) is 2.78. The first-order valence-corrected chi connectivity index (χ1v) is 5.01. The summed E-state index contributed by atoms with van der Waals surface area (Å²) in [5.41, 5.74) is -0.0554. The molecule has 1 aromatic carbocycles. The largest absolute Gasteiger partial charge is 0.308 e. The average molecular weight is 213 g/mol. The maximum atomic E-state index is 10.8. The van der Waals surface area contributed by atoms with Crippen LogP contribution in [0.4, 0.5) is 0 Å². The van der Waals surface area contributed by atoms with Gasteiger partial charge in [0.1, 0.15) is 4.90 Å². The van der Waals surface area contributed by atoms with Crippen LogP contribution in [-0.2, 0) is 10.1 Å². The molecule has 0 bridgehead atoms. The first-order valence-electron chi connectivity index (χ1n) is 3.57. The van der Waals surface area contributed by atoms with Crippen molar-refractivity contribution in [3.63, 3.8) is 0 Å². The van der Waals surface area contributed by atoms with Crippen molar-refractivity contribution >= 4 is 22.6 Å². The van der Waals surface area contributed by atoms with E-state index in [1.807, 2.05) is 0 Å². The van der Waals surface area contributed by atoms with Crippen LogP contribution in [0.1, 0.15) is 15.9 Å². The second-order valence-corrected chi connectivity index (χ2v) is 3.89. The Balaban J connectivity index is 3.61. The van der Waals surface area contributed by atoms with Crippen LogP contribution in [0.15, 0.2) is 23.1 Å². The molecule has 0 aromatic heterocycles. The Bertz CT molecular complexity index is 478. The third kappa shape index (κ3) is 1.86. The van der Waals surface area contributed by atoms with E-state index in [-0.39, 0.29) is 11.1 Å². The van der Waals surface area contributed by atoms with Crippen molar-refractivity contribution in [1.29, 1.82) is 5.41 Å². The van der Waals surface area contributed by atoms with E-state index >= 15 is 0 Å². The van der Waals surface area contributed by atoms with Gasteiger partial charge in [0.2, 0.25) is 0 Å². The topological polar surface area (TPSA) is 95.3 Å². The summed E-state index contributed by atoms with van der Waals surface area (Å²) in [6, 6.07) is 3.81. The lowest BCUT2D eigenvalue weighted by Gasteiger charge is -2.03. The molecule has 6 heteroatoms. The molecule has 0 aliphatic heterocycles. The Morgan fingerprint density at radius 1 is 1.36 bits per heavy atom. The van der Waals surface area contributed by atoms with Crippen molar-refractivity contribution in [3.8, 4) is 0 Å². The fraction of sp³-hybridized carbons (Fsp3) is 0. The molecule has 2 N–H and O–H groups in total.